The zero-order valence-corrected chi connectivity index (χ0v) is 12.1. The molecule has 0 aromatic carbocycles. The second-order valence-electron chi connectivity index (χ2n) is 5.20. The van der Waals surface area contributed by atoms with Crippen molar-refractivity contribution in [3.8, 4) is 5.75 Å². The van der Waals surface area contributed by atoms with E-state index in [0.717, 1.165) is 12.8 Å². The molecule has 0 bridgehead atoms. The van der Waals surface area contributed by atoms with Crippen LogP contribution >= 0.6 is 0 Å². The van der Waals surface area contributed by atoms with E-state index >= 15 is 0 Å². The maximum absolute atomic E-state index is 11.8. The van der Waals surface area contributed by atoms with Crippen molar-refractivity contribution in [1.82, 2.24) is 9.29 Å². The molecule has 1 aliphatic carbocycles. The molecule has 2 fully saturated rings. The van der Waals surface area contributed by atoms with Crippen LogP contribution in [-0.2, 0) is 14.8 Å². The Bertz CT molecular complexity index is 563. The first kappa shape index (κ1) is 13.8. The summed E-state index contributed by atoms with van der Waals surface area (Å²) >= 11 is 0. The lowest BCUT2D eigenvalue weighted by molar-refractivity contribution is -0.0658. The van der Waals surface area contributed by atoms with Gasteiger partial charge in [-0.2, -0.15) is 4.31 Å². The Morgan fingerprint density at radius 2 is 2.30 bits per heavy atom. The molecule has 0 unspecified atom stereocenters. The number of pyridine rings is 1. The number of nitrogens with zero attached hydrogens (tertiary/aromatic N) is 2. The molecule has 0 radical (unpaired) electrons. The highest BCUT2D eigenvalue weighted by atomic mass is 32.2. The molecule has 110 valence electrons. The summed E-state index contributed by atoms with van der Waals surface area (Å²) in [5.41, 5.74) is 0. The standard InChI is InChI=1S/C13H18N2O4S/c1-20(16,17)15-7-8-18-13-11(15)4-5-12(13)19-10-3-2-6-14-9-10/h2-3,6,9,11-13H,4-5,7-8H2,1H3/t11-,12-,13+/m1/s1. The van der Waals surface area contributed by atoms with Gasteiger partial charge in [-0.3, -0.25) is 4.98 Å². The average Bonchev–Trinajstić information content (AvgIpc) is 2.82. The SMILES string of the molecule is CS(=O)(=O)N1CCO[C@H]2[C@H]1CC[C@H]2Oc1cccnc1. The molecule has 6 nitrogen and oxygen atoms in total. The van der Waals surface area contributed by atoms with Crippen LogP contribution in [0.5, 0.6) is 5.75 Å². The van der Waals surface area contributed by atoms with Crippen LogP contribution in [0, 0.1) is 0 Å². The van der Waals surface area contributed by atoms with Crippen molar-refractivity contribution < 1.29 is 17.9 Å². The molecule has 1 aromatic heterocycles. The van der Waals surface area contributed by atoms with Gasteiger partial charge < -0.3 is 9.47 Å². The van der Waals surface area contributed by atoms with Crippen LogP contribution in [-0.4, -0.2) is 55.4 Å². The van der Waals surface area contributed by atoms with E-state index in [9.17, 15) is 8.42 Å². The van der Waals surface area contributed by atoms with E-state index in [1.165, 1.54) is 6.26 Å². The van der Waals surface area contributed by atoms with Crippen LogP contribution in [0.15, 0.2) is 24.5 Å². The summed E-state index contributed by atoms with van der Waals surface area (Å²) in [4.78, 5) is 4.01. The van der Waals surface area contributed by atoms with E-state index in [1.54, 1.807) is 16.7 Å². The highest BCUT2D eigenvalue weighted by Crippen LogP contribution is 2.33. The Morgan fingerprint density at radius 3 is 3.00 bits per heavy atom. The van der Waals surface area contributed by atoms with Crippen LogP contribution in [0.4, 0.5) is 0 Å². The van der Waals surface area contributed by atoms with E-state index in [0.29, 0.717) is 18.9 Å². The smallest absolute Gasteiger partial charge is 0.211 e. The van der Waals surface area contributed by atoms with Crippen molar-refractivity contribution in [2.45, 2.75) is 31.1 Å². The molecule has 3 rings (SSSR count). The number of sulfonamides is 1. The van der Waals surface area contributed by atoms with Crippen LogP contribution < -0.4 is 4.74 Å². The summed E-state index contributed by atoms with van der Waals surface area (Å²) in [5, 5.41) is 0. The van der Waals surface area contributed by atoms with Crippen LogP contribution in [0.2, 0.25) is 0 Å². The lowest BCUT2D eigenvalue weighted by Crippen LogP contribution is -2.53. The Balaban J connectivity index is 1.75. The molecule has 2 heterocycles. The molecule has 2 aliphatic rings. The number of hydrogen-bond acceptors (Lipinski definition) is 5. The second kappa shape index (κ2) is 5.31. The molecular weight excluding hydrogens is 280 g/mol. The summed E-state index contributed by atoms with van der Waals surface area (Å²) in [6, 6.07) is 3.55. The van der Waals surface area contributed by atoms with E-state index in [2.05, 4.69) is 4.98 Å². The van der Waals surface area contributed by atoms with Crippen molar-refractivity contribution >= 4 is 10.0 Å². The van der Waals surface area contributed by atoms with E-state index in [1.807, 2.05) is 12.1 Å². The first-order valence-electron chi connectivity index (χ1n) is 6.71. The Labute approximate surface area is 118 Å². The molecule has 1 saturated carbocycles. The first-order valence-corrected chi connectivity index (χ1v) is 8.55. The zero-order chi connectivity index (χ0) is 14.2. The van der Waals surface area contributed by atoms with Crippen molar-refractivity contribution in [2.75, 3.05) is 19.4 Å². The van der Waals surface area contributed by atoms with Gasteiger partial charge in [-0.1, -0.05) is 0 Å². The van der Waals surface area contributed by atoms with Crippen molar-refractivity contribution in [3.05, 3.63) is 24.5 Å². The Morgan fingerprint density at radius 1 is 1.45 bits per heavy atom. The number of fused-ring (bicyclic) bond motifs is 1. The van der Waals surface area contributed by atoms with Gasteiger partial charge in [-0.05, 0) is 25.0 Å². The van der Waals surface area contributed by atoms with Crippen LogP contribution in [0.25, 0.3) is 0 Å². The van der Waals surface area contributed by atoms with Crippen molar-refractivity contribution in [1.29, 1.82) is 0 Å². The van der Waals surface area contributed by atoms with Gasteiger partial charge in [-0.15, -0.1) is 0 Å². The maximum Gasteiger partial charge on any atom is 0.211 e. The highest BCUT2D eigenvalue weighted by molar-refractivity contribution is 7.88. The van der Waals surface area contributed by atoms with Gasteiger partial charge in [0.2, 0.25) is 10.0 Å². The minimum absolute atomic E-state index is 0.111. The fourth-order valence-electron chi connectivity index (χ4n) is 3.01. The fourth-order valence-corrected chi connectivity index (χ4v) is 4.13. The van der Waals surface area contributed by atoms with Gasteiger partial charge in [0, 0.05) is 12.7 Å². The molecule has 0 amide bonds. The normalized spacial score (nSPS) is 30.9. The number of rotatable bonds is 3. The van der Waals surface area contributed by atoms with Crippen LogP contribution in [0.3, 0.4) is 0 Å². The summed E-state index contributed by atoms with van der Waals surface area (Å²) in [6.45, 7) is 0.848. The number of morpholine rings is 1. The van der Waals surface area contributed by atoms with Gasteiger partial charge in [0.15, 0.2) is 0 Å². The van der Waals surface area contributed by atoms with E-state index in [-0.39, 0.29) is 18.2 Å². The second-order valence-corrected chi connectivity index (χ2v) is 7.13. The van der Waals surface area contributed by atoms with Crippen molar-refractivity contribution in [3.63, 3.8) is 0 Å². The van der Waals surface area contributed by atoms with Gasteiger partial charge in [0.25, 0.3) is 0 Å². The maximum atomic E-state index is 11.8. The molecule has 1 aliphatic heterocycles. The predicted octanol–water partition coefficient (Wildman–Crippen LogP) is 0.652. The highest BCUT2D eigenvalue weighted by Gasteiger charge is 2.46. The first-order chi connectivity index (χ1) is 9.55. The third-order valence-electron chi connectivity index (χ3n) is 3.83. The summed E-state index contributed by atoms with van der Waals surface area (Å²) < 4.78 is 36.8. The minimum Gasteiger partial charge on any atom is -0.486 e. The van der Waals surface area contributed by atoms with Gasteiger partial charge in [0.05, 0.1) is 25.1 Å². The van der Waals surface area contributed by atoms with Gasteiger partial charge >= 0.3 is 0 Å². The Kier molecular flexibility index (Phi) is 3.66. The molecule has 0 N–H and O–H groups in total. The van der Waals surface area contributed by atoms with Gasteiger partial charge in [0.1, 0.15) is 18.0 Å². The quantitative estimate of drug-likeness (QED) is 0.819. The lowest BCUT2D eigenvalue weighted by Gasteiger charge is -2.37. The minimum atomic E-state index is -3.19. The summed E-state index contributed by atoms with van der Waals surface area (Å²) in [5.74, 6) is 0.693. The monoisotopic (exact) mass is 298 g/mol. The number of ether oxygens (including phenoxy) is 2. The molecule has 1 aromatic rings. The predicted molar refractivity (Wildman–Crippen MR) is 73.0 cm³/mol. The summed E-state index contributed by atoms with van der Waals surface area (Å²) in [7, 11) is -3.19. The number of hydrogen-bond donors (Lipinski definition) is 0. The van der Waals surface area contributed by atoms with Crippen molar-refractivity contribution in [2.24, 2.45) is 0 Å². The third-order valence-corrected chi connectivity index (χ3v) is 5.14. The van der Waals surface area contributed by atoms with E-state index < -0.39 is 10.0 Å². The molecule has 3 atom stereocenters. The fraction of sp³-hybridized carbons (Fsp3) is 0.615. The molecule has 7 heteroatoms. The lowest BCUT2D eigenvalue weighted by atomic mass is 10.1. The zero-order valence-electron chi connectivity index (χ0n) is 11.3. The molecule has 1 saturated heterocycles. The molecular formula is C13H18N2O4S. The molecule has 20 heavy (non-hydrogen) atoms. The van der Waals surface area contributed by atoms with Gasteiger partial charge in [-0.25, -0.2) is 8.42 Å². The topological polar surface area (TPSA) is 68.7 Å². The Hall–Kier alpha value is -1.18. The van der Waals surface area contributed by atoms with Crippen LogP contribution in [0.1, 0.15) is 12.8 Å². The largest absolute Gasteiger partial charge is 0.486 e. The third kappa shape index (κ3) is 2.65. The molecule has 0 spiro atoms. The summed E-state index contributed by atoms with van der Waals surface area (Å²) in [6.07, 6.45) is 5.84. The number of aromatic nitrogens is 1. The average molecular weight is 298 g/mol. The van der Waals surface area contributed by atoms with E-state index in [4.69, 9.17) is 9.47 Å².